The summed E-state index contributed by atoms with van der Waals surface area (Å²) in [5.41, 5.74) is 0.462. The van der Waals surface area contributed by atoms with E-state index in [-0.39, 0.29) is 5.97 Å². The Bertz CT molecular complexity index is 297. The summed E-state index contributed by atoms with van der Waals surface area (Å²) >= 11 is 0. The molecule has 0 saturated heterocycles. The number of esters is 1. The van der Waals surface area contributed by atoms with Crippen molar-refractivity contribution in [3.63, 3.8) is 0 Å². The lowest BCUT2D eigenvalue weighted by Gasteiger charge is -2.33. The lowest BCUT2D eigenvalue weighted by molar-refractivity contribution is -0.138. The van der Waals surface area contributed by atoms with Gasteiger partial charge in [0, 0.05) is 5.57 Å². The minimum Gasteiger partial charge on any atom is -0.462 e. The Morgan fingerprint density at radius 3 is 2.17 bits per heavy atom. The van der Waals surface area contributed by atoms with E-state index in [9.17, 15) is 4.79 Å². The zero-order valence-corrected chi connectivity index (χ0v) is 14.8. The number of rotatable bonds is 8. The Balaban J connectivity index is 4.08. The summed E-state index contributed by atoms with van der Waals surface area (Å²) in [6.45, 7) is 16.9. The van der Waals surface area contributed by atoms with Crippen molar-refractivity contribution in [2.24, 2.45) is 0 Å². The quantitative estimate of drug-likeness (QED) is 0.294. The third-order valence-electron chi connectivity index (χ3n) is 2.73. The van der Waals surface area contributed by atoms with Gasteiger partial charge >= 0.3 is 5.97 Å². The van der Waals surface area contributed by atoms with Gasteiger partial charge in [0.1, 0.15) is 0 Å². The highest BCUT2D eigenvalue weighted by atomic mass is 28.4. The van der Waals surface area contributed by atoms with Gasteiger partial charge in [0.25, 0.3) is 0 Å². The van der Waals surface area contributed by atoms with Crippen molar-refractivity contribution in [1.29, 1.82) is 0 Å². The van der Waals surface area contributed by atoms with Crippen LogP contribution in [0.4, 0.5) is 0 Å². The third kappa shape index (κ3) is 7.84. The molecule has 1 unspecified atom stereocenters. The molecule has 0 amide bonds. The van der Waals surface area contributed by atoms with Crippen molar-refractivity contribution in [3.05, 3.63) is 12.2 Å². The molecule has 106 valence electrons. The number of hydrogen-bond donors (Lipinski definition) is 0. The summed E-state index contributed by atoms with van der Waals surface area (Å²) in [5.74, 6) is -0.291. The van der Waals surface area contributed by atoms with Crippen LogP contribution in [0.1, 0.15) is 20.3 Å². The maximum absolute atomic E-state index is 11.2. The van der Waals surface area contributed by atoms with Gasteiger partial charge in [-0.3, -0.25) is 0 Å². The Morgan fingerprint density at radius 1 is 1.22 bits per heavy atom. The summed E-state index contributed by atoms with van der Waals surface area (Å²) in [6.07, 6.45) is 0.889. The highest BCUT2D eigenvalue weighted by molar-refractivity contribution is 6.84. The van der Waals surface area contributed by atoms with Crippen LogP contribution in [0, 0.1) is 0 Å². The van der Waals surface area contributed by atoms with Crippen LogP contribution >= 0.6 is 0 Å². The lowest BCUT2D eigenvalue weighted by atomic mass is 10.4. The van der Waals surface area contributed by atoms with E-state index in [1.54, 1.807) is 6.92 Å². The van der Waals surface area contributed by atoms with E-state index >= 15 is 0 Å². The molecule has 0 bridgehead atoms. The van der Waals surface area contributed by atoms with Gasteiger partial charge in [-0.2, -0.15) is 0 Å². The van der Waals surface area contributed by atoms with Crippen LogP contribution < -0.4 is 0 Å². The molecule has 18 heavy (non-hydrogen) atoms. The van der Waals surface area contributed by atoms with Crippen molar-refractivity contribution in [2.45, 2.75) is 58.5 Å². The molecular weight excluding hydrogens is 260 g/mol. The predicted molar refractivity (Wildman–Crippen MR) is 81.7 cm³/mol. The molecule has 1 atom stereocenters. The van der Waals surface area contributed by atoms with Crippen molar-refractivity contribution in [2.75, 3.05) is 6.61 Å². The standard InChI is InChI=1S/C13H28O3Si2/c1-8-18(7,16-17(4,5)6)11-9-10-15-13(14)12(2)3/h2,8-11H2,1,3-7H3. The second-order valence-corrected chi connectivity index (χ2v) is 15.2. The SMILES string of the molecule is C=C(C)C(=O)OCCC[Si](C)(CC)O[Si](C)(C)C. The van der Waals surface area contributed by atoms with Crippen molar-refractivity contribution >= 4 is 22.6 Å². The van der Waals surface area contributed by atoms with Crippen LogP contribution in [0.2, 0.25) is 38.3 Å². The van der Waals surface area contributed by atoms with E-state index in [2.05, 4.69) is 39.7 Å². The Hall–Kier alpha value is -0.396. The summed E-state index contributed by atoms with van der Waals surface area (Å²) in [6, 6.07) is 2.17. The van der Waals surface area contributed by atoms with Crippen LogP contribution in [0.5, 0.6) is 0 Å². The normalized spacial score (nSPS) is 15.0. The van der Waals surface area contributed by atoms with E-state index in [0.717, 1.165) is 18.5 Å². The first kappa shape index (κ1) is 17.6. The molecule has 0 aliphatic carbocycles. The fourth-order valence-electron chi connectivity index (χ4n) is 1.77. The van der Waals surface area contributed by atoms with Crippen LogP contribution in [-0.2, 0) is 13.6 Å². The van der Waals surface area contributed by atoms with Gasteiger partial charge in [0.05, 0.1) is 6.61 Å². The van der Waals surface area contributed by atoms with Crippen LogP contribution in [-0.4, -0.2) is 29.2 Å². The molecule has 0 saturated carbocycles. The first-order valence-electron chi connectivity index (χ1n) is 6.62. The van der Waals surface area contributed by atoms with Crippen molar-refractivity contribution in [3.8, 4) is 0 Å². The van der Waals surface area contributed by atoms with Gasteiger partial charge < -0.3 is 8.85 Å². The minimum absolute atomic E-state index is 0.291. The molecule has 3 nitrogen and oxygen atoms in total. The molecule has 0 heterocycles. The fourth-order valence-corrected chi connectivity index (χ4v) is 9.92. The fraction of sp³-hybridized carbons (Fsp3) is 0.769. The maximum atomic E-state index is 11.2. The number of carbonyl (C=O) groups excluding carboxylic acids is 1. The summed E-state index contributed by atoms with van der Waals surface area (Å²) in [4.78, 5) is 11.2. The van der Waals surface area contributed by atoms with Gasteiger partial charge in [-0.25, -0.2) is 4.79 Å². The first-order valence-corrected chi connectivity index (χ1v) is 12.9. The molecule has 0 spiro atoms. The molecule has 0 aliphatic rings. The van der Waals surface area contributed by atoms with E-state index in [1.807, 2.05) is 0 Å². The molecule has 0 aromatic rings. The zero-order chi connectivity index (χ0) is 14.4. The number of ether oxygens (including phenoxy) is 1. The molecule has 0 N–H and O–H groups in total. The van der Waals surface area contributed by atoms with Gasteiger partial charge in [0.2, 0.25) is 0 Å². The lowest BCUT2D eigenvalue weighted by Crippen LogP contribution is -2.44. The first-order chi connectivity index (χ1) is 8.09. The van der Waals surface area contributed by atoms with Crippen molar-refractivity contribution in [1.82, 2.24) is 0 Å². The predicted octanol–water partition coefficient (Wildman–Crippen LogP) is 3.94. The molecule has 0 radical (unpaired) electrons. The third-order valence-corrected chi connectivity index (χ3v) is 10.1. The average Bonchev–Trinajstić information content (AvgIpc) is 2.21. The van der Waals surface area contributed by atoms with E-state index in [4.69, 9.17) is 8.85 Å². The van der Waals surface area contributed by atoms with Gasteiger partial charge in [0.15, 0.2) is 16.6 Å². The highest BCUT2D eigenvalue weighted by Gasteiger charge is 2.32. The largest absolute Gasteiger partial charge is 0.462 e. The van der Waals surface area contributed by atoms with Crippen LogP contribution in [0.15, 0.2) is 12.2 Å². The molecular formula is C13H28O3Si2. The monoisotopic (exact) mass is 288 g/mol. The highest BCUT2D eigenvalue weighted by Crippen LogP contribution is 2.23. The second-order valence-electron chi connectivity index (χ2n) is 6.04. The summed E-state index contributed by atoms with van der Waals surface area (Å²) in [7, 11) is -3.08. The Morgan fingerprint density at radius 2 is 1.78 bits per heavy atom. The molecule has 0 rings (SSSR count). The molecule has 0 fully saturated rings. The Kier molecular flexibility index (Phi) is 7.10. The summed E-state index contributed by atoms with van der Waals surface area (Å²) in [5, 5.41) is 0. The maximum Gasteiger partial charge on any atom is 0.333 e. The molecule has 0 aliphatic heterocycles. The molecule has 0 aromatic carbocycles. The average molecular weight is 289 g/mol. The molecule has 5 heteroatoms. The Labute approximate surface area is 114 Å². The van der Waals surface area contributed by atoms with Gasteiger partial charge in [-0.05, 0) is 51.6 Å². The number of carbonyl (C=O) groups is 1. The van der Waals surface area contributed by atoms with Gasteiger partial charge in [-0.15, -0.1) is 0 Å². The smallest absolute Gasteiger partial charge is 0.333 e. The van der Waals surface area contributed by atoms with E-state index in [0.29, 0.717) is 12.2 Å². The second kappa shape index (κ2) is 7.26. The van der Waals surface area contributed by atoms with E-state index < -0.39 is 16.6 Å². The zero-order valence-electron chi connectivity index (χ0n) is 12.8. The van der Waals surface area contributed by atoms with Gasteiger partial charge in [-0.1, -0.05) is 13.5 Å². The number of hydrogen-bond acceptors (Lipinski definition) is 3. The van der Waals surface area contributed by atoms with Crippen LogP contribution in [0.25, 0.3) is 0 Å². The van der Waals surface area contributed by atoms with E-state index in [1.165, 1.54) is 0 Å². The summed E-state index contributed by atoms with van der Waals surface area (Å²) < 4.78 is 11.5. The molecule has 0 aromatic heterocycles. The van der Waals surface area contributed by atoms with Crippen molar-refractivity contribution < 1.29 is 13.6 Å². The minimum atomic E-state index is -1.61. The van der Waals surface area contributed by atoms with Crippen LogP contribution in [0.3, 0.4) is 0 Å². The topological polar surface area (TPSA) is 35.5 Å².